The predicted molar refractivity (Wildman–Crippen MR) is 94.9 cm³/mol. The molecule has 0 saturated carbocycles. The monoisotopic (exact) mass is 364 g/mol. The number of aryl methyl sites for hydroxylation is 1. The summed E-state index contributed by atoms with van der Waals surface area (Å²) in [5, 5.41) is 0. The number of piperidine rings is 1. The third-order valence-electron chi connectivity index (χ3n) is 5.00. The molecule has 1 aromatic carbocycles. The van der Waals surface area contributed by atoms with Crippen molar-refractivity contribution in [1.29, 1.82) is 0 Å². The van der Waals surface area contributed by atoms with Gasteiger partial charge in [0.1, 0.15) is 0 Å². The van der Waals surface area contributed by atoms with Crippen LogP contribution in [-0.4, -0.2) is 34.9 Å². The van der Waals surface area contributed by atoms with Crippen LogP contribution in [0.5, 0.6) is 0 Å². The number of benzene rings is 1. The van der Waals surface area contributed by atoms with Crippen molar-refractivity contribution in [3.63, 3.8) is 0 Å². The van der Waals surface area contributed by atoms with Crippen LogP contribution in [0.3, 0.4) is 0 Å². The Morgan fingerprint density at radius 2 is 1.65 bits per heavy atom. The van der Waals surface area contributed by atoms with Gasteiger partial charge in [-0.15, -0.1) is 0 Å². The number of carbonyl (C=O) groups excluding carboxylic acids is 1. The first-order valence-corrected chi connectivity index (χ1v) is 8.89. The number of nitrogens with zero attached hydrogens (tertiary/aromatic N) is 2. The summed E-state index contributed by atoms with van der Waals surface area (Å²) in [5.41, 5.74) is 2.21. The van der Waals surface area contributed by atoms with Crippen molar-refractivity contribution >= 4 is 5.78 Å². The van der Waals surface area contributed by atoms with Gasteiger partial charge in [-0.3, -0.25) is 9.69 Å². The molecule has 2 aromatic rings. The van der Waals surface area contributed by atoms with E-state index >= 15 is 0 Å². The molecule has 0 N–H and O–H groups in total. The zero-order valence-electron chi connectivity index (χ0n) is 15.1. The van der Waals surface area contributed by atoms with Crippen molar-refractivity contribution in [3.05, 3.63) is 52.8 Å². The number of hydrogen-bond donors (Lipinski definition) is 0. The lowest BCUT2D eigenvalue weighted by atomic mass is 10.1. The van der Waals surface area contributed by atoms with E-state index in [4.69, 9.17) is 0 Å². The Balaban J connectivity index is 1.84. The van der Waals surface area contributed by atoms with Gasteiger partial charge in [0.15, 0.2) is 5.78 Å². The molecule has 0 unspecified atom stereocenters. The lowest BCUT2D eigenvalue weighted by Gasteiger charge is -2.25. The average molecular weight is 364 g/mol. The lowest BCUT2D eigenvalue weighted by molar-refractivity contribution is -0.137. The van der Waals surface area contributed by atoms with Crippen LogP contribution >= 0.6 is 0 Å². The minimum absolute atomic E-state index is 0.0677. The summed E-state index contributed by atoms with van der Waals surface area (Å²) in [6, 6.07) is 6.87. The van der Waals surface area contributed by atoms with Gasteiger partial charge >= 0.3 is 6.18 Å². The summed E-state index contributed by atoms with van der Waals surface area (Å²) in [4.78, 5) is 14.9. The molecule has 0 atom stereocenters. The molecule has 1 aromatic heterocycles. The van der Waals surface area contributed by atoms with Gasteiger partial charge in [-0.1, -0.05) is 6.42 Å². The van der Waals surface area contributed by atoms with Crippen molar-refractivity contribution < 1.29 is 18.0 Å². The lowest BCUT2D eigenvalue weighted by Crippen LogP contribution is -2.34. The van der Waals surface area contributed by atoms with Crippen LogP contribution in [0.15, 0.2) is 30.3 Å². The van der Waals surface area contributed by atoms with Crippen LogP contribution in [0.4, 0.5) is 13.2 Å². The summed E-state index contributed by atoms with van der Waals surface area (Å²) < 4.78 is 40.1. The third kappa shape index (κ3) is 3.85. The first-order valence-electron chi connectivity index (χ1n) is 8.89. The van der Waals surface area contributed by atoms with Gasteiger partial charge in [0.2, 0.25) is 0 Å². The summed E-state index contributed by atoms with van der Waals surface area (Å²) in [6.45, 7) is 6.00. The van der Waals surface area contributed by atoms with Crippen molar-refractivity contribution in [3.8, 4) is 5.69 Å². The third-order valence-corrected chi connectivity index (χ3v) is 5.00. The van der Waals surface area contributed by atoms with E-state index < -0.39 is 11.7 Å². The molecule has 1 aliphatic rings. The Morgan fingerprint density at radius 1 is 1.04 bits per heavy atom. The van der Waals surface area contributed by atoms with Crippen LogP contribution < -0.4 is 0 Å². The maximum Gasteiger partial charge on any atom is 0.416 e. The number of Topliss-reactive ketones (excluding diaryl/α,β-unsaturated/α-hetero) is 1. The number of aromatic nitrogens is 1. The first kappa shape index (κ1) is 18.7. The maximum absolute atomic E-state index is 12.8. The van der Waals surface area contributed by atoms with Crippen LogP contribution in [0.25, 0.3) is 5.69 Å². The highest BCUT2D eigenvalue weighted by Gasteiger charge is 2.30. The van der Waals surface area contributed by atoms with Gasteiger partial charge in [0.05, 0.1) is 12.1 Å². The fourth-order valence-electron chi connectivity index (χ4n) is 3.65. The Bertz CT molecular complexity index is 785. The second kappa shape index (κ2) is 7.27. The van der Waals surface area contributed by atoms with Gasteiger partial charge in [-0.2, -0.15) is 13.2 Å². The molecule has 1 fully saturated rings. The molecule has 1 aliphatic heterocycles. The Morgan fingerprint density at radius 3 is 2.23 bits per heavy atom. The minimum atomic E-state index is -4.35. The topological polar surface area (TPSA) is 25.2 Å². The van der Waals surface area contributed by atoms with Gasteiger partial charge in [0.25, 0.3) is 0 Å². The molecule has 0 bridgehead atoms. The van der Waals surface area contributed by atoms with Crippen LogP contribution in [0, 0.1) is 13.8 Å². The molecule has 0 spiro atoms. The fraction of sp³-hybridized carbons (Fsp3) is 0.450. The van der Waals surface area contributed by atoms with E-state index in [1.165, 1.54) is 18.6 Å². The zero-order chi connectivity index (χ0) is 18.9. The second-order valence-corrected chi connectivity index (χ2v) is 6.92. The highest BCUT2D eigenvalue weighted by molar-refractivity contribution is 5.99. The van der Waals surface area contributed by atoms with Crippen molar-refractivity contribution in [2.75, 3.05) is 19.6 Å². The van der Waals surface area contributed by atoms with Crippen LogP contribution in [-0.2, 0) is 6.18 Å². The van der Waals surface area contributed by atoms with E-state index in [0.717, 1.165) is 49.5 Å². The van der Waals surface area contributed by atoms with E-state index in [9.17, 15) is 18.0 Å². The SMILES string of the molecule is Cc1cc(C(=O)CN2CCCCC2)c(C)n1-c1ccc(C(F)(F)F)cc1. The minimum Gasteiger partial charge on any atom is -0.318 e. The number of halogens is 3. The summed E-state index contributed by atoms with van der Waals surface area (Å²) >= 11 is 0. The van der Waals surface area contributed by atoms with Crippen molar-refractivity contribution in [2.24, 2.45) is 0 Å². The molecule has 3 rings (SSSR count). The molecule has 26 heavy (non-hydrogen) atoms. The molecule has 0 amide bonds. The molecule has 3 nitrogen and oxygen atoms in total. The molecule has 6 heteroatoms. The summed E-state index contributed by atoms with van der Waals surface area (Å²) in [6.07, 6.45) is -0.891. The van der Waals surface area contributed by atoms with E-state index in [0.29, 0.717) is 17.8 Å². The normalized spacial score (nSPS) is 16.0. The number of ketones is 1. The smallest absolute Gasteiger partial charge is 0.318 e. The molecule has 0 radical (unpaired) electrons. The first-order chi connectivity index (χ1) is 12.3. The average Bonchev–Trinajstić information content (AvgIpc) is 2.90. The van der Waals surface area contributed by atoms with Crippen LogP contribution in [0.1, 0.15) is 46.6 Å². The van der Waals surface area contributed by atoms with Gasteiger partial charge in [-0.25, -0.2) is 0 Å². The molecule has 140 valence electrons. The standard InChI is InChI=1S/C20H23F3N2O/c1-14-12-18(19(26)13-24-10-4-3-5-11-24)15(2)25(14)17-8-6-16(7-9-17)20(21,22)23/h6-9,12H,3-5,10-11,13H2,1-2H3. The van der Waals surface area contributed by atoms with E-state index in [-0.39, 0.29) is 5.78 Å². The highest BCUT2D eigenvalue weighted by Crippen LogP contribution is 2.30. The van der Waals surface area contributed by atoms with Crippen LogP contribution in [0.2, 0.25) is 0 Å². The quantitative estimate of drug-likeness (QED) is 0.730. The van der Waals surface area contributed by atoms with Gasteiger partial charge in [0, 0.05) is 22.6 Å². The Kier molecular flexibility index (Phi) is 5.23. The van der Waals surface area contributed by atoms with Crippen molar-refractivity contribution in [2.45, 2.75) is 39.3 Å². The number of alkyl halides is 3. The molecule has 1 saturated heterocycles. The zero-order valence-corrected chi connectivity index (χ0v) is 15.1. The van der Waals surface area contributed by atoms with E-state index in [2.05, 4.69) is 4.90 Å². The molecular weight excluding hydrogens is 341 g/mol. The summed E-state index contributed by atoms with van der Waals surface area (Å²) in [7, 11) is 0. The fourth-order valence-corrected chi connectivity index (χ4v) is 3.65. The molecular formula is C20H23F3N2O. The largest absolute Gasteiger partial charge is 0.416 e. The van der Waals surface area contributed by atoms with Gasteiger partial charge in [-0.05, 0) is 70.1 Å². The second-order valence-electron chi connectivity index (χ2n) is 6.92. The Hall–Kier alpha value is -2.08. The molecule has 0 aliphatic carbocycles. The number of hydrogen-bond acceptors (Lipinski definition) is 2. The number of likely N-dealkylation sites (tertiary alicyclic amines) is 1. The van der Waals surface area contributed by atoms with Gasteiger partial charge < -0.3 is 4.57 Å². The molecule has 2 heterocycles. The van der Waals surface area contributed by atoms with E-state index in [1.54, 1.807) is 0 Å². The summed E-state index contributed by atoms with van der Waals surface area (Å²) in [5.74, 6) is 0.0677. The number of carbonyl (C=O) groups is 1. The van der Waals surface area contributed by atoms with Crippen molar-refractivity contribution in [1.82, 2.24) is 9.47 Å². The van der Waals surface area contributed by atoms with E-state index in [1.807, 2.05) is 24.5 Å². The Labute approximate surface area is 151 Å². The number of rotatable bonds is 4. The highest BCUT2D eigenvalue weighted by atomic mass is 19.4. The predicted octanol–water partition coefficient (Wildman–Crippen LogP) is 4.78. The maximum atomic E-state index is 12.8.